The van der Waals surface area contributed by atoms with Crippen LogP contribution < -0.4 is 10.6 Å². The summed E-state index contributed by atoms with van der Waals surface area (Å²) in [5.74, 6) is 0. The van der Waals surface area contributed by atoms with E-state index in [2.05, 4.69) is 0 Å². The topological polar surface area (TPSA) is 124 Å². The van der Waals surface area contributed by atoms with Gasteiger partial charge in [-0.15, -0.1) is 0 Å². The average Bonchev–Trinajstić information content (AvgIpc) is 2.86. The largest absolute Gasteiger partial charge is 0.430 e. The summed E-state index contributed by atoms with van der Waals surface area (Å²) in [4.78, 5) is 14.8. The Kier molecular flexibility index (Phi) is 9.09. The van der Waals surface area contributed by atoms with Crippen molar-refractivity contribution in [2.24, 2.45) is 5.73 Å². The summed E-state index contributed by atoms with van der Waals surface area (Å²) in [7, 11) is -3.76. The number of hydrogen-bond acceptors (Lipinski definition) is 6. The number of primary amides is 1. The Morgan fingerprint density at radius 1 is 0.927 bits per heavy atom. The maximum atomic E-state index is 13.2. The highest BCUT2D eigenvalue weighted by Crippen LogP contribution is 2.50. The van der Waals surface area contributed by atoms with Gasteiger partial charge in [-0.1, -0.05) is 24.3 Å². The second-order valence-electron chi connectivity index (χ2n) is 10.7. The van der Waals surface area contributed by atoms with Gasteiger partial charge in [0.05, 0.1) is 22.3 Å². The van der Waals surface area contributed by atoms with Crippen LogP contribution in [0.5, 0.6) is 0 Å². The number of hydrogen-bond donors (Lipinski definition) is 3. The molecule has 228 valence electrons. The number of halogens is 6. The van der Waals surface area contributed by atoms with Crippen LogP contribution in [0, 0.1) is 0 Å². The van der Waals surface area contributed by atoms with E-state index in [4.69, 9.17) is 5.73 Å². The smallest absolute Gasteiger partial charge is 0.389 e. The number of carbonyl (C=O) groups is 1. The van der Waals surface area contributed by atoms with E-state index in [-0.39, 0.29) is 30.8 Å². The SMILES string of the molecule is CC(C)(O)CN(C(N)=O)c1ccc(S(=O)(=O)C2CCN(Cc3ccc(C(O)(C(F)(F)F)C(F)(F)F)cc3)CC2)cc1. The summed E-state index contributed by atoms with van der Waals surface area (Å²) in [6.07, 6.45) is -11.5. The first kappa shape index (κ1) is 32.6. The molecule has 2 amide bonds. The standard InChI is InChI=1S/C26H31F6N3O5S/c1-23(2,37)16-35(22(33)36)19-7-9-20(10-8-19)41(39,40)21-11-13-34(14-12-21)15-17-3-5-18(6-4-17)24(38,25(27,28)29)26(30,31)32/h3-10,21,37-38H,11-16H2,1-2H3,(H2,33,36). The highest BCUT2D eigenvalue weighted by atomic mass is 32.2. The quantitative estimate of drug-likeness (QED) is 0.387. The number of benzene rings is 2. The Bertz CT molecular complexity index is 1300. The third-order valence-electron chi connectivity index (χ3n) is 6.86. The summed E-state index contributed by atoms with van der Waals surface area (Å²) in [6, 6.07) is 8.01. The van der Waals surface area contributed by atoms with Crippen molar-refractivity contribution < 1.29 is 49.8 Å². The second kappa shape index (κ2) is 11.4. The van der Waals surface area contributed by atoms with Crippen LogP contribution in [0.4, 0.5) is 36.8 Å². The molecule has 1 saturated heterocycles. The first-order chi connectivity index (χ1) is 18.7. The maximum absolute atomic E-state index is 13.2. The Hall–Kier alpha value is -2.88. The number of nitrogens with zero attached hydrogens (tertiary/aromatic N) is 2. The Morgan fingerprint density at radius 3 is 1.83 bits per heavy atom. The van der Waals surface area contributed by atoms with Gasteiger partial charge >= 0.3 is 18.4 Å². The van der Waals surface area contributed by atoms with Gasteiger partial charge in [-0.2, -0.15) is 26.3 Å². The normalized spacial score (nSPS) is 16.5. The molecule has 1 heterocycles. The Morgan fingerprint density at radius 2 is 1.41 bits per heavy atom. The summed E-state index contributed by atoms with van der Waals surface area (Å²) in [6.45, 7) is 3.64. The first-order valence-corrected chi connectivity index (χ1v) is 14.0. The van der Waals surface area contributed by atoms with Crippen LogP contribution in [0.15, 0.2) is 53.4 Å². The molecule has 2 aromatic carbocycles. The summed E-state index contributed by atoms with van der Waals surface area (Å²) >= 11 is 0. The zero-order valence-electron chi connectivity index (χ0n) is 22.2. The molecule has 1 aliphatic rings. The number of anilines is 1. The van der Waals surface area contributed by atoms with Crippen LogP contribution in [0.25, 0.3) is 0 Å². The van der Waals surface area contributed by atoms with E-state index in [0.29, 0.717) is 36.5 Å². The number of likely N-dealkylation sites (tertiary alicyclic amines) is 1. The number of alkyl halides is 6. The van der Waals surface area contributed by atoms with E-state index < -0.39 is 50.2 Å². The zero-order valence-corrected chi connectivity index (χ0v) is 23.0. The molecule has 1 fully saturated rings. The molecule has 0 aromatic heterocycles. The van der Waals surface area contributed by atoms with Gasteiger partial charge in [-0.3, -0.25) is 9.80 Å². The van der Waals surface area contributed by atoms with Crippen molar-refractivity contribution in [3.63, 3.8) is 0 Å². The molecule has 0 atom stereocenters. The number of sulfone groups is 1. The third-order valence-corrected chi connectivity index (χ3v) is 9.14. The highest BCUT2D eigenvalue weighted by Gasteiger charge is 2.71. The van der Waals surface area contributed by atoms with E-state index in [1.54, 1.807) is 0 Å². The maximum Gasteiger partial charge on any atom is 0.430 e. The summed E-state index contributed by atoms with van der Waals surface area (Å²) < 4.78 is 105. The van der Waals surface area contributed by atoms with Crippen LogP contribution in [0.3, 0.4) is 0 Å². The summed E-state index contributed by atoms with van der Waals surface area (Å²) in [5, 5.41) is 18.8. The van der Waals surface area contributed by atoms with Gasteiger partial charge in [0, 0.05) is 17.8 Å². The molecule has 0 unspecified atom stereocenters. The van der Waals surface area contributed by atoms with Gasteiger partial charge in [-0.05, 0) is 69.6 Å². The number of carbonyl (C=O) groups excluding carboxylic acids is 1. The van der Waals surface area contributed by atoms with Crippen LogP contribution >= 0.6 is 0 Å². The fourth-order valence-electron chi connectivity index (χ4n) is 4.67. The van der Waals surface area contributed by atoms with E-state index in [1.165, 1.54) is 38.1 Å². The van der Waals surface area contributed by atoms with Gasteiger partial charge in [0.1, 0.15) is 0 Å². The molecule has 8 nitrogen and oxygen atoms in total. The van der Waals surface area contributed by atoms with Crippen molar-refractivity contribution in [3.8, 4) is 0 Å². The molecule has 3 rings (SSSR count). The van der Waals surface area contributed by atoms with Gasteiger partial charge < -0.3 is 15.9 Å². The highest BCUT2D eigenvalue weighted by molar-refractivity contribution is 7.92. The molecule has 0 aliphatic carbocycles. The predicted molar refractivity (Wildman–Crippen MR) is 138 cm³/mol. The molecule has 1 aliphatic heterocycles. The average molecular weight is 612 g/mol. The lowest BCUT2D eigenvalue weighted by molar-refractivity contribution is -0.376. The molecule has 4 N–H and O–H groups in total. The van der Waals surface area contributed by atoms with E-state index in [0.717, 1.165) is 17.0 Å². The lowest BCUT2D eigenvalue weighted by Crippen LogP contribution is -2.53. The molecule has 15 heteroatoms. The molecule has 0 radical (unpaired) electrons. The van der Waals surface area contributed by atoms with Crippen molar-refractivity contribution in [3.05, 3.63) is 59.7 Å². The van der Waals surface area contributed by atoms with Crippen molar-refractivity contribution in [2.75, 3.05) is 24.5 Å². The monoisotopic (exact) mass is 611 g/mol. The van der Waals surface area contributed by atoms with Gasteiger partial charge in [-0.25, -0.2) is 13.2 Å². The van der Waals surface area contributed by atoms with Crippen molar-refractivity contribution in [1.29, 1.82) is 0 Å². The molecular weight excluding hydrogens is 580 g/mol. The molecule has 0 bridgehead atoms. The number of nitrogens with two attached hydrogens (primary N) is 1. The van der Waals surface area contributed by atoms with Gasteiger partial charge in [0.2, 0.25) is 0 Å². The van der Waals surface area contributed by atoms with E-state index >= 15 is 0 Å². The van der Waals surface area contributed by atoms with Gasteiger partial charge in [0.15, 0.2) is 9.84 Å². The van der Waals surface area contributed by atoms with Crippen LogP contribution in [-0.4, -0.2) is 72.4 Å². The lowest BCUT2D eigenvalue weighted by Gasteiger charge is -2.33. The van der Waals surface area contributed by atoms with Crippen molar-refractivity contribution in [1.82, 2.24) is 4.90 Å². The fourth-order valence-corrected chi connectivity index (χ4v) is 6.40. The lowest BCUT2D eigenvalue weighted by atomic mass is 9.91. The van der Waals surface area contributed by atoms with Crippen LogP contribution in [-0.2, 0) is 22.0 Å². The first-order valence-electron chi connectivity index (χ1n) is 12.5. The Labute approximate surface area is 233 Å². The minimum atomic E-state index is -5.97. The fraction of sp³-hybridized carbons (Fsp3) is 0.500. The molecule has 0 saturated carbocycles. The van der Waals surface area contributed by atoms with Crippen LogP contribution in [0.1, 0.15) is 37.8 Å². The van der Waals surface area contributed by atoms with E-state index in [1.807, 2.05) is 4.90 Å². The van der Waals surface area contributed by atoms with Crippen LogP contribution in [0.2, 0.25) is 0 Å². The number of piperidine rings is 1. The molecular formula is C26H31F6N3O5S. The zero-order chi connectivity index (χ0) is 31.0. The minimum absolute atomic E-state index is 0.0322. The molecule has 2 aromatic rings. The van der Waals surface area contributed by atoms with Gasteiger partial charge in [0.25, 0.3) is 5.60 Å². The number of urea groups is 1. The molecule has 41 heavy (non-hydrogen) atoms. The van der Waals surface area contributed by atoms with E-state index in [9.17, 15) is 49.8 Å². The minimum Gasteiger partial charge on any atom is -0.389 e. The predicted octanol–water partition coefficient (Wildman–Crippen LogP) is 4.09. The third kappa shape index (κ3) is 7.13. The van der Waals surface area contributed by atoms with Crippen molar-refractivity contribution in [2.45, 2.75) is 66.9 Å². The number of aliphatic hydroxyl groups is 2. The number of rotatable bonds is 8. The number of amides is 2. The van der Waals surface area contributed by atoms with Crippen molar-refractivity contribution >= 4 is 21.6 Å². The molecule has 0 spiro atoms. The second-order valence-corrected chi connectivity index (χ2v) is 12.9. The summed E-state index contributed by atoms with van der Waals surface area (Å²) in [5.41, 5.74) is -1.50. The Balaban J connectivity index is 1.65.